The van der Waals surface area contributed by atoms with Gasteiger partial charge in [0, 0.05) is 0 Å². The third-order valence-electron chi connectivity index (χ3n) is 5.86. The lowest BCUT2D eigenvalue weighted by molar-refractivity contribution is -0.171. The summed E-state index contributed by atoms with van der Waals surface area (Å²) < 4.78 is 12.8. The molecule has 5 atom stereocenters. The topological polar surface area (TPSA) is 18.5 Å². The maximum Gasteiger partial charge on any atom is 0.164 e. The second-order valence-electron chi connectivity index (χ2n) is 8.28. The Balaban J connectivity index is 2.27. The highest BCUT2D eigenvalue weighted by Gasteiger charge is 2.57. The summed E-state index contributed by atoms with van der Waals surface area (Å²) in [6, 6.07) is 0. The Kier molecular flexibility index (Phi) is 4.94. The molecule has 1 heterocycles. The average Bonchev–Trinajstić information content (AvgIpc) is 2.87. The van der Waals surface area contributed by atoms with Gasteiger partial charge in [0.1, 0.15) is 0 Å². The van der Waals surface area contributed by atoms with Crippen LogP contribution in [0.3, 0.4) is 0 Å². The second-order valence-corrected chi connectivity index (χ2v) is 8.28. The molecule has 2 aliphatic rings. The SMILES string of the molecule is C=C[C@H]1[C@@H](C)CC[C@@H]1C1(C)OC(C)(C)O[C@H]1CC(=C)C(C)C. The van der Waals surface area contributed by atoms with Crippen LogP contribution in [0.1, 0.15) is 60.8 Å². The zero-order valence-corrected chi connectivity index (χ0v) is 15.3. The first-order valence-electron chi connectivity index (χ1n) is 8.79. The first-order valence-corrected chi connectivity index (χ1v) is 8.79. The number of ether oxygens (including phenoxy) is 2. The summed E-state index contributed by atoms with van der Waals surface area (Å²) in [5.41, 5.74) is 0.990. The molecule has 0 bridgehead atoms. The first kappa shape index (κ1) is 17.7. The molecule has 0 amide bonds. The standard InChI is InChI=1S/C20H34O2/c1-9-16-14(4)10-11-17(16)20(8)18(12-15(5)13(2)3)21-19(6,7)22-20/h9,13-14,16-18H,1,5,10-12H2,2-4,6-8H3/t14-,16-,17-,18-,20?/m0/s1. The van der Waals surface area contributed by atoms with E-state index in [0.717, 1.165) is 6.42 Å². The zero-order valence-electron chi connectivity index (χ0n) is 15.3. The summed E-state index contributed by atoms with van der Waals surface area (Å²) in [7, 11) is 0. The molecule has 1 saturated carbocycles. The van der Waals surface area contributed by atoms with E-state index in [2.05, 4.69) is 46.9 Å². The normalized spacial score (nSPS) is 41.0. The third-order valence-corrected chi connectivity index (χ3v) is 5.86. The van der Waals surface area contributed by atoms with Gasteiger partial charge in [-0.25, -0.2) is 0 Å². The van der Waals surface area contributed by atoms with E-state index >= 15 is 0 Å². The van der Waals surface area contributed by atoms with Crippen molar-refractivity contribution in [2.75, 3.05) is 0 Å². The van der Waals surface area contributed by atoms with Gasteiger partial charge >= 0.3 is 0 Å². The minimum atomic E-state index is -0.520. The van der Waals surface area contributed by atoms with Gasteiger partial charge in [0.05, 0.1) is 11.7 Å². The molecule has 1 aliphatic carbocycles. The van der Waals surface area contributed by atoms with E-state index in [-0.39, 0.29) is 11.7 Å². The third kappa shape index (κ3) is 3.19. The Morgan fingerprint density at radius 2 is 1.91 bits per heavy atom. The lowest BCUT2D eigenvalue weighted by atomic mass is 9.74. The van der Waals surface area contributed by atoms with E-state index < -0.39 is 5.79 Å². The highest BCUT2D eigenvalue weighted by atomic mass is 16.8. The van der Waals surface area contributed by atoms with Gasteiger partial charge in [0.2, 0.25) is 0 Å². The number of rotatable bonds is 5. The van der Waals surface area contributed by atoms with Gasteiger partial charge in [0.25, 0.3) is 0 Å². The largest absolute Gasteiger partial charge is 0.344 e. The maximum atomic E-state index is 6.48. The van der Waals surface area contributed by atoms with Crippen LogP contribution in [0.2, 0.25) is 0 Å². The van der Waals surface area contributed by atoms with E-state index in [1.54, 1.807) is 0 Å². The quantitative estimate of drug-likeness (QED) is 0.638. The van der Waals surface area contributed by atoms with Crippen molar-refractivity contribution in [3.8, 4) is 0 Å². The van der Waals surface area contributed by atoms with Crippen LogP contribution < -0.4 is 0 Å². The molecule has 0 aromatic heterocycles. The molecule has 2 nitrogen and oxygen atoms in total. The average molecular weight is 306 g/mol. The highest BCUT2D eigenvalue weighted by Crippen LogP contribution is 2.52. The van der Waals surface area contributed by atoms with E-state index in [9.17, 15) is 0 Å². The Morgan fingerprint density at radius 1 is 1.27 bits per heavy atom. The van der Waals surface area contributed by atoms with Crippen molar-refractivity contribution in [3.63, 3.8) is 0 Å². The molecule has 0 spiro atoms. The van der Waals surface area contributed by atoms with Crippen LogP contribution in [0.25, 0.3) is 0 Å². The summed E-state index contributed by atoms with van der Waals surface area (Å²) >= 11 is 0. The molecule has 2 rings (SSSR count). The van der Waals surface area contributed by atoms with Crippen LogP contribution in [0.5, 0.6) is 0 Å². The van der Waals surface area contributed by atoms with Gasteiger partial charge in [-0.3, -0.25) is 0 Å². The van der Waals surface area contributed by atoms with Crippen molar-refractivity contribution in [2.24, 2.45) is 23.7 Å². The van der Waals surface area contributed by atoms with Crippen molar-refractivity contribution in [1.29, 1.82) is 0 Å². The molecule has 1 aliphatic heterocycles. The maximum absolute atomic E-state index is 6.48. The van der Waals surface area contributed by atoms with E-state index in [0.29, 0.717) is 23.7 Å². The summed E-state index contributed by atoms with van der Waals surface area (Å²) in [6.07, 6.45) is 5.54. The van der Waals surface area contributed by atoms with Gasteiger partial charge in [0.15, 0.2) is 5.79 Å². The van der Waals surface area contributed by atoms with Crippen LogP contribution in [-0.2, 0) is 9.47 Å². The Bertz CT molecular complexity index is 437. The predicted octanol–water partition coefficient (Wildman–Crippen LogP) is 5.35. The van der Waals surface area contributed by atoms with Crippen molar-refractivity contribution in [1.82, 2.24) is 0 Å². The summed E-state index contributed by atoms with van der Waals surface area (Å²) in [5, 5.41) is 0. The number of allylic oxidation sites excluding steroid dienone is 1. The molecular formula is C20H34O2. The first-order chi connectivity index (χ1) is 10.1. The lowest BCUT2D eigenvalue weighted by Crippen LogP contribution is -2.46. The fourth-order valence-corrected chi connectivity index (χ4v) is 4.40. The summed E-state index contributed by atoms with van der Waals surface area (Å²) in [5.74, 6) is 1.63. The molecule has 0 aromatic rings. The number of hydrogen-bond acceptors (Lipinski definition) is 2. The smallest absolute Gasteiger partial charge is 0.164 e. The minimum absolute atomic E-state index is 0.0788. The second kappa shape index (κ2) is 6.13. The molecule has 1 unspecified atom stereocenters. The van der Waals surface area contributed by atoms with Gasteiger partial charge in [-0.1, -0.05) is 39.0 Å². The fourth-order valence-electron chi connectivity index (χ4n) is 4.40. The van der Waals surface area contributed by atoms with Crippen LogP contribution >= 0.6 is 0 Å². The minimum Gasteiger partial charge on any atom is -0.344 e. The molecule has 2 fully saturated rings. The molecule has 0 aromatic carbocycles. The van der Waals surface area contributed by atoms with Crippen LogP contribution in [0, 0.1) is 23.7 Å². The lowest BCUT2D eigenvalue weighted by Gasteiger charge is -2.38. The van der Waals surface area contributed by atoms with Crippen molar-refractivity contribution in [2.45, 2.75) is 78.3 Å². The van der Waals surface area contributed by atoms with Crippen LogP contribution in [0.4, 0.5) is 0 Å². The Labute approximate surface area is 137 Å². The van der Waals surface area contributed by atoms with Gasteiger partial charge < -0.3 is 9.47 Å². The Morgan fingerprint density at radius 3 is 2.45 bits per heavy atom. The van der Waals surface area contributed by atoms with Crippen LogP contribution in [-0.4, -0.2) is 17.5 Å². The van der Waals surface area contributed by atoms with Gasteiger partial charge in [-0.15, -0.1) is 6.58 Å². The predicted molar refractivity (Wildman–Crippen MR) is 92.6 cm³/mol. The van der Waals surface area contributed by atoms with E-state index in [4.69, 9.17) is 9.47 Å². The molecular weight excluding hydrogens is 272 g/mol. The number of hydrogen-bond donors (Lipinski definition) is 0. The molecule has 22 heavy (non-hydrogen) atoms. The monoisotopic (exact) mass is 306 g/mol. The molecule has 1 saturated heterocycles. The highest BCUT2D eigenvalue weighted by molar-refractivity contribution is 5.11. The van der Waals surface area contributed by atoms with Crippen molar-refractivity contribution in [3.05, 3.63) is 24.8 Å². The Hall–Kier alpha value is -0.600. The van der Waals surface area contributed by atoms with Crippen molar-refractivity contribution < 1.29 is 9.47 Å². The molecule has 0 N–H and O–H groups in total. The van der Waals surface area contributed by atoms with Crippen LogP contribution in [0.15, 0.2) is 24.8 Å². The van der Waals surface area contributed by atoms with E-state index in [1.165, 1.54) is 18.4 Å². The van der Waals surface area contributed by atoms with Gasteiger partial charge in [-0.05, 0) is 63.7 Å². The van der Waals surface area contributed by atoms with Gasteiger partial charge in [-0.2, -0.15) is 0 Å². The summed E-state index contributed by atoms with van der Waals surface area (Å²) in [6.45, 7) is 21.4. The molecule has 0 radical (unpaired) electrons. The molecule has 126 valence electrons. The fraction of sp³-hybridized carbons (Fsp3) is 0.800. The van der Waals surface area contributed by atoms with Crippen molar-refractivity contribution >= 4 is 0 Å². The van der Waals surface area contributed by atoms with E-state index in [1.807, 2.05) is 13.8 Å². The summed E-state index contributed by atoms with van der Waals surface area (Å²) in [4.78, 5) is 0. The zero-order chi connectivity index (χ0) is 16.7. The molecule has 2 heteroatoms.